The molecule has 102 valence electrons. The highest BCUT2D eigenvalue weighted by Crippen LogP contribution is 2.18. The summed E-state index contributed by atoms with van der Waals surface area (Å²) in [7, 11) is 1.73. The number of hydrogen-bond donors (Lipinski definition) is 2. The van der Waals surface area contributed by atoms with Crippen LogP contribution in [0, 0.1) is 6.92 Å². The zero-order valence-electron chi connectivity index (χ0n) is 11.2. The number of H-pyrrole nitrogens is 1. The first-order chi connectivity index (χ1) is 9.02. The molecule has 0 bridgehead atoms. The third-order valence-electron chi connectivity index (χ3n) is 2.85. The predicted molar refractivity (Wildman–Crippen MR) is 75.0 cm³/mol. The number of aryl methyl sites for hydroxylation is 2. The summed E-state index contributed by atoms with van der Waals surface area (Å²) in [6.45, 7) is 4.41. The molecule has 0 saturated carbocycles. The number of nitrogens with one attached hydrogen (secondary N) is 1. The molecule has 2 aromatic heterocycles. The molecule has 7 heteroatoms. The Hall–Kier alpha value is -1.89. The van der Waals surface area contributed by atoms with E-state index in [1.807, 2.05) is 13.8 Å². The smallest absolute Gasteiger partial charge is 0.276 e. The quantitative estimate of drug-likeness (QED) is 0.889. The molecular formula is C12H17N5OS. The lowest BCUT2D eigenvalue weighted by atomic mass is 10.2. The van der Waals surface area contributed by atoms with Gasteiger partial charge in [-0.3, -0.25) is 9.89 Å². The van der Waals surface area contributed by atoms with Gasteiger partial charge in [0.1, 0.15) is 0 Å². The van der Waals surface area contributed by atoms with Crippen molar-refractivity contribution in [1.82, 2.24) is 20.1 Å². The first kappa shape index (κ1) is 13.5. The average Bonchev–Trinajstić information content (AvgIpc) is 2.94. The highest BCUT2D eigenvalue weighted by Gasteiger charge is 2.20. The molecule has 0 aliphatic rings. The number of aromatic nitrogens is 3. The van der Waals surface area contributed by atoms with Crippen molar-refractivity contribution in [3.05, 3.63) is 27.5 Å². The lowest BCUT2D eigenvalue weighted by Gasteiger charge is -2.14. The maximum atomic E-state index is 12.3. The standard InChI is InChI=1S/C12H17N5OS/c1-4-9-10(13)11(16-15-9)12(18)17(3)6-8-5-14-7(2)19-8/h5H,4,6,13H2,1-3H3,(H,15,16). The summed E-state index contributed by atoms with van der Waals surface area (Å²) in [5.41, 5.74) is 7.43. The molecule has 3 N–H and O–H groups in total. The van der Waals surface area contributed by atoms with Crippen molar-refractivity contribution in [2.75, 3.05) is 12.8 Å². The van der Waals surface area contributed by atoms with Gasteiger partial charge in [-0.15, -0.1) is 11.3 Å². The van der Waals surface area contributed by atoms with E-state index < -0.39 is 0 Å². The van der Waals surface area contributed by atoms with E-state index in [1.54, 1.807) is 29.5 Å². The van der Waals surface area contributed by atoms with Gasteiger partial charge in [-0.05, 0) is 13.3 Å². The van der Waals surface area contributed by atoms with Crippen LogP contribution in [-0.4, -0.2) is 33.0 Å². The summed E-state index contributed by atoms with van der Waals surface area (Å²) in [5, 5.41) is 7.79. The fourth-order valence-electron chi connectivity index (χ4n) is 1.78. The molecule has 6 nitrogen and oxygen atoms in total. The Bertz CT molecular complexity index is 589. The third-order valence-corrected chi connectivity index (χ3v) is 3.75. The second-order valence-corrected chi connectivity index (χ2v) is 5.64. The van der Waals surface area contributed by atoms with E-state index in [-0.39, 0.29) is 5.91 Å². The summed E-state index contributed by atoms with van der Waals surface area (Å²) in [6, 6.07) is 0. The molecule has 0 spiro atoms. The Balaban J connectivity index is 2.12. The van der Waals surface area contributed by atoms with Crippen LogP contribution in [-0.2, 0) is 13.0 Å². The molecule has 0 aliphatic carbocycles. The van der Waals surface area contributed by atoms with Crippen molar-refractivity contribution >= 4 is 22.9 Å². The first-order valence-corrected chi connectivity index (χ1v) is 6.84. The molecule has 0 aromatic carbocycles. The Morgan fingerprint density at radius 3 is 2.84 bits per heavy atom. The molecule has 0 radical (unpaired) electrons. The van der Waals surface area contributed by atoms with Crippen LogP contribution in [0.2, 0.25) is 0 Å². The zero-order chi connectivity index (χ0) is 14.0. The SMILES string of the molecule is CCc1[nH]nc(C(=O)N(C)Cc2cnc(C)s2)c1N. The molecule has 0 aliphatic heterocycles. The summed E-state index contributed by atoms with van der Waals surface area (Å²) < 4.78 is 0. The highest BCUT2D eigenvalue weighted by molar-refractivity contribution is 7.11. The second kappa shape index (κ2) is 5.40. The van der Waals surface area contributed by atoms with Crippen LogP contribution in [0.3, 0.4) is 0 Å². The summed E-state index contributed by atoms with van der Waals surface area (Å²) >= 11 is 1.58. The summed E-state index contributed by atoms with van der Waals surface area (Å²) in [6.07, 6.45) is 2.51. The van der Waals surface area contributed by atoms with Gasteiger partial charge in [-0.1, -0.05) is 6.92 Å². The van der Waals surface area contributed by atoms with Crippen LogP contribution < -0.4 is 5.73 Å². The molecule has 0 atom stereocenters. The molecule has 1 amide bonds. The number of carbonyl (C=O) groups is 1. The van der Waals surface area contributed by atoms with Gasteiger partial charge in [0, 0.05) is 18.1 Å². The zero-order valence-corrected chi connectivity index (χ0v) is 12.0. The van der Waals surface area contributed by atoms with Gasteiger partial charge in [-0.2, -0.15) is 5.10 Å². The number of nitrogens with two attached hydrogens (primary N) is 1. The molecule has 2 heterocycles. The van der Waals surface area contributed by atoms with Crippen molar-refractivity contribution in [2.24, 2.45) is 0 Å². The molecule has 0 saturated heterocycles. The van der Waals surface area contributed by atoms with Crippen molar-refractivity contribution < 1.29 is 4.79 Å². The van der Waals surface area contributed by atoms with Gasteiger partial charge in [0.2, 0.25) is 0 Å². The lowest BCUT2D eigenvalue weighted by Crippen LogP contribution is -2.26. The number of amides is 1. The highest BCUT2D eigenvalue weighted by atomic mass is 32.1. The van der Waals surface area contributed by atoms with Gasteiger partial charge in [-0.25, -0.2) is 4.98 Å². The Morgan fingerprint density at radius 2 is 2.32 bits per heavy atom. The van der Waals surface area contributed by atoms with Crippen LogP contribution in [0.25, 0.3) is 0 Å². The van der Waals surface area contributed by atoms with E-state index in [4.69, 9.17) is 5.73 Å². The minimum atomic E-state index is -0.181. The fraction of sp³-hybridized carbons (Fsp3) is 0.417. The Morgan fingerprint density at radius 1 is 1.58 bits per heavy atom. The number of nitrogen functional groups attached to an aromatic ring is 1. The Labute approximate surface area is 115 Å². The lowest BCUT2D eigenvalue weighted by molar-refractivity contribution is 0.0781. The number of thiazole rings is 1. The van der Waals surface area contributed by atoms with Crippen molar-refractivity contribution in [3.63, 3.8) is 0 Å². The molecule has 2 aromatic rings. The monoisotopic (exact) mass is 279 g/mol. The number of carbonyl (C=O) groups excluding carboxylic acids is 1. The third kappa shape index (κ3) is 2.76. The number of aromatic amines is 1. The minimum Gasteiger partial charge on any atom is -0.395 e. The van der Waals surface area contributed by atoms with Gasteiger partial charge >= 0.3 is 0 Å². The maximum Gasteiger partial charge on any atom is 0.276 e. The van der Waals surface area contributed by atoms with Gasteiger partial charge in [0.15, 0.2) is 5.69 Å². The van der Waals surface area contributed by atoms with Gasteiger partial charge in [0.25, 0.3) is 5.91 Å². The van der Waals surface area contributed by atoms with E-state index in [2.05, 4.69) is 15.2 Å². The van der Waals surface area contributed by atoms with Crippen LogP contribution >= 0.6 is 11.3 Å². The van der Waals surface area contributed by atoms with E-state index in [0.29, 0.717) is 17.9 Å². The molecular weight excluding hydrogens is 262 g/mol. The molecule has 0 unspecified atom stereocenters. The van der Waals surface area contributed by atoms with E-state index in [1.165, 1.54) is 0 Å². The van der Waals surface area contributed by atoms with Gasteiger partial charge in [0.05, 0.1) is 22.9 Å². The predicted octanol–water partition coefficient (Wildman–Crippen LogP) is 1.59. The molecule has 0 fully saturated rings. The normalized spacial score (nSPS) is 10.7. The van der Waals surface area contributed by atoms with E-state index in [9.17, 15) is 4.79 Å². The molecule has 19 heavy (non-hydrogen) atoms. The molecule has 2 rings (SSSR count). The maximum absolute atomic E-state index is 12.3. The number of anilines is 1. The summed E-state index contributed by atoms with van der Waals surface area (Å²) in [4.78, 5) is 19.1. The van der Waals surface area contributed by atoms with Crippen LogP contribution in [0.4, 0.5) is 5.69 Å². The van der Waals surface area contributed by atoms with Crippen molar-refractivity contribution in [2.45, 2.75) is 26.8 Å². The summed E-state index contributed by atoms with van der Waals surface area (Å²) in [5.74, 6) is -0.181. The van der Waals surface area contributed by atoms with Crippen LogP contribution in [0.5, 0.6) is 0 Å². The van der Waals surface area contributed by atoms with Crippen LogP contribution in [0.15, 0.2) is 6.20 Å². The van der Waals surface area contributed by atoms with Crippen molar-refractivity contribution in [1.29, 1.82) is 0 Å². The van der Waals surface area contributed by atoms with Crippen molar-refractivity contribution in [3.8, 4) is 0 Å². The van der Waals surface area contributed by atoms with E-state index >= 15 is 0 Å². The van der Waals surface area contributed by atoms with E-state index in [0.717, 1.165) is 22.0 Å². The topological polar surface area (TPSA) is 87.9 Å². The number of rotatable bonds is 4. The largest absolute Gasteiger partial charge is 0.395 e. The first-order valence-electron chi connectivity index (χ1n) is 6.02. The van der Waals surface area contributed by atoms with Crippen LogP contribution in [0.1, 0.15) is 33.0 Å². The number of nitrogens with zero attached hydrogens (tertiary/aromatic N) is 3. The fourth-order valence-corrected chi connectivity index (χ4v) is 2.63. The average molecular weight is 279 g/mol. The second-order valence-electron chi connectivity index (χ2n) is 4.32. The van der Waals surface area contributed by atoms with Gasteiger partial charge < -0.3 is 10.6 Å². The Kier molecular flexibility index (Phi) is 3.84. The minimum absolute atomic E-state index is 0.181. The number of hydrogen-bond acceptors (Lipinski definition) is 5.